The first-order valence-corrected chi connectivity index (χ1v) is 7.59. The number of hydrazine groups is 1. The van der Waals surface area contributed by atoms with E-state index in [1.54, 1.807) is 6.07 Å². The number of nitrogens with one attached hydrogen (secondary N) is 1. The van der Waals surface area contributed by atoms with Crippen molar-refractivity contribution in [1.29, 1.82) is 0 Å². The largest absolute Gasteiger partial charge is 0.339 e. The molecule has 5 heteroatoms. The van der Waals surface area contributed by atoms with Crippen LogP contribution in [0.1, 0.15) is 62.5 Å². The number of hydrogen-bond acceptors (Lipinski definition) is 4. The van der Waals surface area contributed by atoms with Crippen LogP contribution in [0.4, 0.5) is 5.82 Å². The molecule has 0 aliphatic heterocycles. The molecule has 1 heterocycles. The van der Waals surface area contributed by atoms with Gasteiger partial charge in [0.25, 0.3) is 5.91 Å². The molecule has 2 rings (SSSR count). The molecule has 0 radical (unpaired) electrons. The van der Waals surface area contributed by atoms with E-state index in [4.69, 9.17) is 5.84 Å². The molecule has 0 aromatic carbocycles. The van der Waals surface area contributed by atoms with Gasteiger partial charge in [-0.1, -0.05) is 33.6 Å². The summed E-state index contributed by atoms with van der Waals surface area (Å²) < 4.78 is 0. The first-order valence-electron chi connectivity index (χ1n) is 7.59. The van der Waals surface area contributed by atoms with E-state index in [2.05, 4.69) is 31.2 Å². The maximum absolute atomic E-state index is 12.7. The Hall–Kier alpha value is -1.62. The SMILES string of the molecule is CN(C(=O)c1cc(NN)nc(C(C)(C)C)c1)C1CCCC1. The van der Waals surface area contributed by atoms with Gasteiger partial charge in [0, 0.05) is 29.8 Å². The molecule has 21 heavy (non-hydrogen) atoms. The van der Waals surface area contributed by atoms with Crippen LogP contribution in [0.25, 0.3) is 0 Å². The zero-order valence-electron chi connectivity index (χ0n) is 13.4. The third-order valence-electron chi connectivity index (χ3n) is 4.18. The second-order valence-corrected chi connectivity index (χ2v) is 6.87. The van der Waals surface area contributed by atoms with Crippen LogP contribution >= 0.6 is 0 Å². The Morgan fingerprint density at radius 3 is 2.48 bits per heavy atom. The molecule has 1 aliphatic rings. The van der Waals surface area contributed by atoms with Gasteiger partial charge in [-0.2, -0.15) is 0 Å². The minimum Gasteiger partial charge on any atom is -0.339 e. The monoisotopic (exact) mass is 290 g/mol. The van der Waals surface area contributed by atoms with Gasteiger partial charge in [0.15, 0.2) is 0 Å². The van der Waals surface area contributed by atoms with E-state index in [0.717, 1.165) is 18.5 Å². The second kappa shape index (κ2) is 6.02. The molecule has 0 atom stereocenters. The Balaban J connectivity index is 2.31. The summed E-state index contributed by atoms with van der Waals surface area (Å²) in [6.07, 6.45) is 4.62. The van der Waals surface area contributed by atoms with E-state index in [1.807, 2.05) is 18.0 Å². The summed E-state index contributed by atoms with van der Waals surface area (Å²) in [5.41, 5.74) is 3.94. The van der Waals surface area contributed by atoms with E-state index >= 15 is 0 Å². The number of hydrogen-bond donors (Lipinski definition) is 2. The van der Waals surface area contributed by atoms with Crippen molar-refractivity contribution in [3.8, 4) is 0 Å². The smallest absolute Gasteiger partial charge is 0.254 e. The predicted molar refractivity (Wildman–Crippen MR) is 85.1 cm³/mol. The highest BCUT2D eigenvalue weighted by atomic mass is 16.2. The van der Waals surface area contributed by atoms with Crippen LogP contribution in [0.15, 0.2) is 12.1 Å². The van der Waals surface area contributed by atoms with Crippen molar-refractivity contribution < 1.29 is 4.79 Å². The van der Waals surface area contributed by atoms with Crippen LogP contribution in [-0.4, -0.2) is 28.9 Å². The molecule has 1 aromatic heterocycles. The molecular formula is C16H26N4O. The lowest BCUT2D eigenvalue weighted by atomic mass is 9.90. The molecule has 0 spiro atoms. The number of anilines is 1. The van der Waals surface area contributed by atoms with Gasteiger partial charge in [-0.3, -0.25) is 4.79 Å². The van der Waals surface area contributed by atoms with Crippen LogP contribution < -0.4 is 11.3 Å². The van der Waals surface area contributed by atoms with Crippen LogP contribution in [0.5, 0.6) is 0 Å². The molecule has 116 valence electrons. The van der Waals surface area contributed by atoms with Crippen LogP contribution in [0.3, 0.4) is 0 Å². The van der Waals surface area contributed by atoms with Gasteiger partial charge in [0.05, 0.1) is 0 Å². The average Bonchev–Trinajstić information content (AvgIpc) is 2.98. The van der Waals surface area contributed by atoms with Crippen molar-refractivity contribution in [2.24, 2.45) is 5.84 Å². The normalized spacial score (nSPS) is 16.0. The Morgan fingerprint density at radius 2 is 1.95 bits per heavy atom. The molecule has 5 nitrogen and oxygen atoms in total. The number of amides is 1. The average molecular weight is 290 g/mol. The first kappa shape index (κ1) is 15.8. The highest BCUT2D eigenvalue weighted by Gasteiger charge is 2.26. The Morgan fingerprint density at radius 1 is 1.33 bits per heavy atom. The van der Waals surface area contributed by atoms with Gasteiger partial charge in [-0.15, -0.1) is 0 Å². The fraction of sp³-hybridized carbons (Fsp3) is 0.625. The Labute approximate surface area is 126 Å². The van der Waals surface area contributed by atoms with Crippen molar-refractivity contribution in [1.82, 2.24) is 9.88 Å². The number of carbonyl (C=O) groups excluding carboxylic acids is 1. The van der Waals surface area contributed by atoms with E-state index in [-0.39, 0.29) is 11.3 Å². The summed E-state index contributed by atoms with van der Waals surface area (Å²) in [6.45, 7) is 6.22. The lowest BCUT2D eigenvalue weighted by molar-refractivity contribution is 0.0735. The fourth-order valence-electron chi connectivity index (χ4n) is 2.77. The van der Waals surface area contributed by atoms with Gasteiger partial charge < -0.3 is 10.3 Å². The maximum atomic E-state index is 12.7. The number of aromatic nitrogens is 1. The highest BCUT2D eigenvalue weighted by molar-refractivity contribution is 5.95. The summed E-state index contributed by atoms with van der Waals surface area (Å²) in [5.74, 6) is 6.07. The molecule has 1 fully saturated rings. The molecule has 1 aliphatic carbocycles. The molecule has 1 aromatic rings. The lowest BCUT2D eigenvalue weighted by Crippen LogP contribution is -2.35. The van der Waals surface area contributed by atoms with Gasteiger partial charge in [-0.25, -0.2) is 10.8 Å². The van der Waals surface area contributed by atoms with Crippen LogP contribution in [0, 0.1) is 0 Å². The van der Waals surface area contributed by atoms with Gasteiger partial charge in [0.2, 0.25) is 0 Å². The van der Waals surface area contributed by atoms with Gasteiger partial charge in [0.1, 0.15) is 5.82 Å². The summed E-state index contributed by atoms with van der Waals surface area (Å²) in [5, 5.41) is 0. The van der Waals surface area contributed by atoms with Crippen molar-refractivity contribution >= 4 is 11.7 Å². The van der Waals surface area contributed by atoms with E-state index in [0.29, 0.717) is 17.4 Å². The third-order valence-corrected chi connectivity index (χ3v) is 4.18. The van der Waals surface area contributed by atoms with E-state index < -0.39 is 0 Å². The number of carbonyl (C=O) groups is 1. The summed E-state index contributed by atoms with van der Waals surface area (Å²) in [6, 6.07) is 3.97. The number of pyridine rings is 1. The van der Waals surface area contributed by atoms with Crippen LogP contribution in [0.2, 0.25) is 0 Å². The Bertz CT molecular complexity index is 515. The molecule has 1 saturated carbocycles. The molecular weight excluding hydrogens is 264 g/mol. The molecule has 0 unspecified atom stereocenters. The molecule has 0 saturated heterocycles. The topological polar surface area (TPSA) is 71.2 Å². The van der Waals surface area contributed by atoms with Gasteiger partial charge in [-0.05, 0) is 25.0 Å². The standard InChI is InChI=1S/C16H26N4O/c1-16(2,3)13-9-11(10-14(18-13)19-17)15(21)20(4)12-7-5-6-8-12/h9-10,12H,5-8,17H2,1-4H3,(H,18,19). The fourth-order valence-corrected chi connectivity index (χ4v) is 2.77. The van der Waals surface area contributed by atoms with Crippen LogP contribution in [-0.2, 0) is 5.41 Å². The molecule has 1 amide bonds. The van der Waals surface area contributed by atoms with E-state index in [1.165, 1.54) is 12.8 Å². The molecule has 3 N–H and O–H groups in total. The summed E-state index contributed by atoms with van der Waals surface area (Å²) in [4.78, 5) is 19.0. The number of rotatable bonds is 3. The zero-order chi connectivity index (χ0) is 15.6. The molecule has 0 bridgehead atoms. The highest BCUT2D eigenvalue weighted by Crippen LogP contribution is 2.26. The Kier molecular flexibility index (Phi) is 4.52. The minimum absolute atomic E-state index is 0.0475. The second-order valence-electron chi connectivity index (χ2n) is 6.87. The van der Waals surface area contributed by atoms with Gasteiger partial charge >= 0.3 is 0 Å². The first-order chi connectivity index (χ1) is 9.82. The summed E-state index contributed by atoms with van der Waals surface area (Å²) >= 11 is 0. The predicted octanol–water partition coefficient (Wildman–Crippen LogP) is 2.68. The quantitative estimate of drug-likeness (QED) is 0.663. The van der Waals surface area contributed by atoms with E-state index in [9.17, 15) is 4.79 Å². The van der Waals surface area contributed by atoms with Crippen molar-refractivity contribution in [3.05, 3.63) is 23.4 Å². The summed E-state index contributed by atoms with van der Waals surface area (Å²) in [7, 11) is 1.89. The number of nitrogens with zero attached hydrogens (tertiary/aromatic N) is 2. The van der Waals surface area contributed by atoms with Crippen molar-refractivity contribution in [2.45, 2.75) is 57.9 Å². The zero-order valence-corrected chi connectivity index (χ0v) is 13.4. The number of nitrogen functional groups attached to an aromatic ring is 1. The maximum Gasteiger partial charge on any atom is 0.254 e. The third kappa shape index (κ3) is 3.53. The lowest BCUT2D eigenvalue weighted by Gasteiger charge is -2.26. The van der Waals surface area contributed by atoms with Crippen molar-refractivity contribution in [2.75, 3.05) is 12.5 Å². The number of nitrogens with two attached hydrogens (primary N) is 1. The van der Waals surface area contributed by atoms with Crippen molar-refractivity contribution in [3.63, 3.8) is 0 Å². The minimum atomic E-state index is -0.131.